The van der Waals surface area contributed by atoms with E-state index in [1.807, 2.05) is 13.1 Å². The third-order valence-corrected chi connectivity index (χ3v) is 3.53. The summed E-state index contributed by atoms with van der Waals surface area (Å²) in [5.74, 6) is 0.140. The summed E-state index contributed by atoms with van der Waals surface area (Å²) in [6, 6.07) is 15.3. The maximum Gasteiger partial charge on any atom is 0.164 e. The number of carbonyl (C=O) groups excluding carboxylic acids is 1. The summed E-state index contributed by atoms with van der Waals surface area (Å²) in [5.41, 5.74) is 3.07. The number of hydrogen-bond acceptors (Lipinski definition) is 2. The van der Waals surface area contributed by atoms with Gasteiger partial charge in [-0.1, -0.05) is 23.7 Å². The molecule has 0 aliphatic heterocycles. The Kier molecular flexibility index (Phi) is 4.80. The fourth-order valence-corrected chi connectivity index (χ4v) is 2.17. The normalized spacial score (nSPS) is 10.3. The molecule has 0 amide bonds. The van der Waals surface area contributed by atoms with E-state index in [9.17, 15) is 4.79 Å². The number of anilines is 1. The van der Waals surface area contributed by atoms with Crippen molar-refractivity contribution in [2.75, 3.05) is 18.5 Å². The Labute approximate surface area is 125 Å². The Morgan fingerprint density at radius 1 is 1.15 bits per heavy atom. The average Bonchev–Trinajstić information content (AvgIpc) is 2.45. The molecule has 2 aromatic carbocycles. The first-order valence-electron chi connectivity index (χ1n) is 6.63. The van der Waals surface area contributed by atoms with Crippen LogP contribution < -0.4 is 4.90 Å². The van der Waals surface area contributed by atoms with E-state index in [0.29, 0.717) is 23.6 Å². The molecule has 2 nitrogen and oxygen atoms in total. The van der Waals surface area contributed by atoms with Crippen LogP contribution >= 0.6 is 11.6 Å². The quantitative estimate of drug-likeness (QED) is 0.762. The van der Waals surface area contributed by atoms with E-state index in [1.165, 1.54) is 5.56 Å². The fraction of sp³-hybridized carbons (Fsp3) is 0.235. The van der Waals surface area contributed by atoms with Crippen molar-refractivity contribution in [3.63, 3.8) is 0 Å². The van der Waals surface area contributed by atoms with Crippen LogP contribution in [0.1, 0.15) is 22.3 Å². The Hall–Kier alpha value is -1.80. The topological polar surface area (TPSA) is 20.3 Å². The molecule has 0 bridgehead atoms. The maximum absolute atomic E-state index is 12.1. The molecular weight excluding hydrogens is 270 g/mol. The van der Waals surface area contributed by atoms with Crippen LogP contribution in [0.3, 0.4) is 0 Å². The van der Waals surface area contributed by atoms with E-state index in [0.717, 1.165) is 5.69 Å². The van der Waals surface area contributed by atoms with Crippen LogP contribution in [0.25, 0.3) is 0 Å². The summed E-state index contributed by atoms with van der Waals surface area (Å²) in [6.07, 6.45) is 0.492. The molecule has 0 heterocycles. The SMILES string of the molecule is Cc1cccc(N(C)CCC(=O)c2ccc(Cl)cc2)c1. The van der Waals surface area contributed by atoms with Gasteiger partial charge in [-0.15, -0.1) is 0 Å². The van der Waals surface area contributed by atoms with Gasteiger partial charge in [-0.3, -0.25) is 4.79 Å². The minimum absolute atomic E-state index is 0.140. The lowest BCUT2D eigenvalue weighted by atomic mass is 10.1. The van der Waals surface area contributed by atoms with Gasteiger partial charge >= 0.3 is 0 Å². The van der Waals surface area contributed by atoms with Gasteiger partial charge in [0.05, 0.1) is 0 Å². The first-order valence-corrected chi connectivity index (χ1v) is 7.00. The summed E-state index contributed by atoms with van der Waals surface area (Å²) in [7, 11) is 2.00. The highest BCUT2D eigenvalue weighted by Crippen LogP contribution is 2.16. The van der Waals surface area contributed by atoms with Gasteiger partial charge in [0.1, 0.15) is 0 Å². The molecule has 0 atom stereocenters. The van der Waals surface area contributed by atoms with Crippen LogP contribution in [0.2, 0.25) is 5.02 Å². The van der Waals surface area contributed by atoms with E-state index in [-0.39, 0.29) is 5.78 Å². The molecule has 0 N–H and O–H groups in total. The summed E-state index contributed by atoms with van der Waals surface area (Å²) in [6.45, 7) is 2.76. The van der Waals surface area contributed by atoms with Crippen LogP contribution in [-0.4, -0.2) is 19.4 Å². The van der Waals surface area contributed by atoms with Crippen molar-refractivity contribution in [1.82, 2.24) is 0 Å². The number of ketones is 1. The fourth-order valence-electron chi connectivity index (χ4n) is 2.04. The van der Waals surface area contributed by atoms with Crippen LogP contribution in [0.4, 0.5) is 5.69 Å². The van der Waals surface area contributed by atoms with Gasteiger partial charge in [-0.2, -0.15) is 0 Å². The molecule has 3 heteroatoms. The largest absolute Gasteiger partial charge is 0.374 e. The Bertz CT molecular complexity index is 592. The van der Waals surface area contributed by atoms with Crippen molar-refractivity contribution >= 4 is 23.1 Å². The van der Waals surface area contributed by atoms with E-state index >= 15 is 0 Å². The minimum atomic E-state index is 0.140. The van der Waals surface area contributed by atoms with Gasteiger partial charge in [-0.25, -0.2) is 0 Å². The van der Waals surface area contributed by atoms with Crippen molar-refractivity contribution in [3.05, 3.63) is 64.7 Å². The smallest absolute Gasteiger partial charge is 0.164 e. The van der Waals surface area contributed by atoms with E-state index < -0.39 is 0 Å². The maximum atomic E-state index is 12.1. The Morgan fingerprint density at radius 2 is 1.85 bits per heavy atom. The molecule has 2 aromatic rings. The number of hydrogen-bond donors (Lipinski definition) is 0. The Morgan fingerprint density at radius 3 is 2.50 bits per heavy atom. The monoisotopic (exact) mass is 287 g/mol. The van der Waals surface area contributed by atoms with Crippen LogP contribution in [0.15, 0.2) is 48.5 Å². The molecule has 0 saturated carbocycles. The zero-order valence-corrected chi connectivity index (χ0v) is 12.5. The molecule has 0 aliphatic rings. The van der Waals surface area contributed by atoms with Gasteiger partial charge in [0, 0.05) is 36.3 Å². The van der Waals surface area contributed by atoms with Crippen molar-refractivity contribution < 1.29 is 4.79 Å². The highest BCUT2D eigenvalue weighted by atomic mass is 35.5. The second-order valence-electron chi connectivity index (χ2n) is 4.94. The van der Waals surface area contributed by atoms with Gasteiger partial charge in [0.25, 0.3) is 0 Å². The summed E-state index contributed by atoms with van der Waals surface area (Å²) in [4.78, 5) is 14.2. The van der Waals surface area contributed by atoms with Crippen LogP contribution in [0, 0.1) is 6.92 Å². The molecule has 0 aromatic heterocycles. The summed E-state index contributed by atoms with van der Waals surface area (Å²) in [5, 5.41) is 0.651. The molecule has 0 spiro atoms. The molecule has 0 saturated heterocycles. The Balaban J connectivity index is 1.94. The molecule has 20 heavy (non-hydrogen) atoms. The number of aryl methyl sites for hydroxylation is 1. The van der Waals surface area contributed by atoms with Crippen molar-refractivity contribution in [3.8, 4) is 0 Å². The second-order valence-corrected chi connectivity index (χ2v) is 5.38. The first-order chi connectivity index (χ1) is 9.56. The molecule has 2 rings (SSSR count). The highest BCUT2D eigenvalue weighted by Gasteiger charge is 2.08. The van der Waals surface area contributed by atoms with Crippen molar-refractivity contribution in [2.24, 2.45) is 0 Å². The first kappa shape index (κ1) is 14.6. The standard InChI is InChI=1S/C17H18ClNO/c1-13-4-3-5-16(12-13)19(2)11-10-17(20)14-6-8-15(18)9-7-14/h3-9,12H,10-11H2,1-2H3. The molecule has 0 fully saturated rings. The number of nitrogens with zero attached hydrogens (tertiary/aromatic N) is 1. The molecule has 104 valence electrons. The van der Waals surface area contributed by atoms with Gasteiger partial charge < -0.3 is 4.90 Å². The minimum Gasteiger partial charge on any atom is -0.374 e. The number of carbonyl (C=O) groups is 1. The van der Waals surface area contributed by atoms with Gasteiger partial charge in [-0.05, 0) is 48.9 Å². The predicted octanol–water partition coefficient (Wildman–Crippen LogP) is 4.36. The van der Waals surface area contributed by atoms with E-state index in [4.69, 9.17) is 11.6 Å². The second kappa shape index (κ2) is 6.58. The lowest BCUT2D eigenvalue weighted by Crippen LogP contribution is -2.21. The van der Waals surface area contributed by atoms with Gasteiger partial charge in [0.2, 0.25) is 0 Å². The van der Waals surface area contributed by atoms with Crippen molar-refractivity contribution in [1.29, 1.82) is 0 Å². The number of Topliss-reactive ketones (excluding diaryl/α,β-unsaturated/α-hetero) is 1. The lowest BCUT2D eigenvalue weighted by molar-refractivity contribution is 0.0985. The van der Waals surface area contributed by atoms with E-state index in [2.05, 4.69) is 30.0 Å². The zero-order chi connectivity index (χ0) is 14.5. The molecular formula is C17H18ClNO. The predicted molar refractivity (Wildman–Crippen MR) is 84.8 cm³/mol. The average molecular weight is 288 g/mol. The van der Waals surface area contributed by atoms with Crippen LogP contribution in [-0.2, 0) is 0 Å². The molecule has 0 aliphatic carbocycles. The highest BCUT2D eigenvalue weighted by molar-refractivity contribution is 6.30. The zero-order valence-electron chi connectivity index (χ0n) is 11.8. The number of benzene rings is 2. The molecule has 0 unspecified atom stereocenters. The van der Waals surface area contributed by atoms with Crippen LogP contribution in [0.5, 0.6) is 0 Å². The van der Waals surface area contributed by atoms with Crippen molar-refractivity contribution in [2.45, 2.75) is 13.3 Å². The van der Waals surface area contributed by atoms with E-state index in [1.54, 1.807) is 24.3 Å². The lowest BCUT2D eigenvalue weighted by Gasteiger charge is -2.19. The number of rotatable bonds is 5. The third-order valence-electron chi connectivity index (χ3n) is 3.28. The van der Waals surface area contributed by atoms with Gasteiger partial charge in [0.15, 0.2) is 5.78 Å². The third kappa shape index (κ3) is 3.84. The number of halogens is 1. The summed E-state index contributed by atoms with van der Waals surface area (Å²) < 4.78 is 0. The summed E-state index contributed by atoms with van der Waals surface area (Å²) >= 11 is 5.82. The molecule has 0 radical (unpaired) electrons.